The van der Waals surface area contributed by atoms with Crippen molar-refractivity contribution in [3.63, 3.8) is 0 Å². The number of carbonyl (C=O) groups excluding carboxylic acids is 2. The summed E-state index contributed by atoms with van der Waals surface area (Å²) in [4.78, 5) is 23.3. The van der Waals surface area contributed by atoms with E-state index >= 15 is 0 Å². The molecule has 1 aliphatic heterocycles. The molecule has 0 saturated carbocycles. The lowest BCUT2D eigenvalue weighted by molar-refractivity contribution is -0.142. The summed E-state index contributed by atoms with van der Waals surface area (Å²) in [5.74, 6) is -1.13. The first-order valence-corrected chi connectivity index (χ1v) is 9.73. The molecule has 1 saturated heterocycles. The van der Waals surface area contributed by atoms with E-state index in [4.69, 9.17) is 4.74 Å². The van der Waals surface area contributed by atoms with Gasteiger partial charge in [0.2, 0.25) is 10.0 Å². The Labute approximate surface area is 153 Å². The lowest BCUT2D eigenvalue weighted by Gasteiger charge is -2.15. The van der Waals surface area contributed by atoms with Gasteiger partial charge in [-0.2, -0.15) is 4.31 Å². The lowest BCUT2D eigenvalue weighted by atomic mass is 10.3. The van der Waals surface area contributed by atoms with Gasteiger partial charge in [-0.15, -0.1) is 0 Å². The topological polar surface area (TPSA) is 92.8 Å². The Morgan fingerprint density at radius 1 is 1.15 bits per heavy atom. The SMILES string of the molecule is C/C=C/C=C/C(=O)OCC(=O)Nc1ccc(S(=O)(=O)N2CCCC2)cc1. The fourth-order valence-electron chi connectivity index (χ4n) is 2.41. The van der Waals surface area contributed by atoms with E-state index in [1.54, 1.807) is 12.2 Å². The average molecular weight is 378 g/mol. The van der Waals surface area contributed by atoms with E-state index in [1.807, 2.05) is 6.92 Å². The monoisotopic (exact) mass is 378 g/mol. The van der Waals surface area contributed by atoms with Gasteiger partial charge >= 0.3 is 5.97 Å². The third-order valence-corrected chi connectivity index (χ3v) is 5.64. The summed E-state index contributed by atoms with van der Waals surface area (Å²) < 4.78 is 31.1. The van der Waals surface area contributed by atoms with Crippen LogP contribution < -0.4 is 5.32 Å². The average Bonchev–Trinajstić information content (AvgIpc) is 3.16. The van der Waals surface area contributed by atoms with Crippen molar-refractivity contribution in [3.05, 3.63) is 48.6 Å². The van der Waals surface area contributed by atoms with E-state index < -0.39 is 28.5 Å². The number of sulfonamides is 1. The highest BCUT2D eigenvalue weighted by Gasteiger charge is 2.26. The van der Waals surface area contributed by atoms with E-state index in [0.29, 0.717) is 18.8 Å². The molecule has 26 heavy (non-hydrogen) atoms. The molecule has 1 fully saturated rings. The Kier molecular flexibility index (Phi) is 7.11. The third kappa shape index (κ3) is 5.53. The van der Waals surface area contributed by atoms with Crippen LogP contribution in [0.4, 0.5) is 5.69 Å². The summed E-state index contributed by atoms with van der Waals surface area (Å²) in [6, 6.07) is 5.92. The van der Waals surface area contributed by atoms with Gasteiger partial charge in [-0.3, -0.25) is 4.79 Å². The van der Waals surface area contributed by atoms with Gasteiger partial charge in [0.05, 0.1) is 4.90 Å². The molecule has 1 aliphatic rings. The first kappa shape index (κ1) is 19.9. The minimum absolute atomic E-state index is 0.193. The van der Waals surface area contributed by atoms with E-state index in [9.17, 15) is 18.0 Å². The molecular formula is C18H22N2O5S. The Morgan fingerprint density at radius 3 is 2.42 bits per heavy atom. The molecule has 0 aromatic heterocycles. The molecule has 0 spiro atoms. The molecular weight excluding hydrogens is 356 g/mol. The number of allylic oxidation sites excluding steroid dienone is 3. The largest absolute Gasteiger partial charge is 0.452 e. The van der Waals surface area contributed by atoms with Crippen molar-refractivity contribution in [2.75, 3.05) is 25.0 Å². The van der Waals surface area contributed by atoms with Crippen molar-refractivity contribution in [2.45, 2.75) is 24.7 Å². The number of ether oxygens (including phenoxy) is 1. The van der Waals surface area contributed by atoms with Crippen LogP contribution >= 0.6 is 0 Å². The number of amides is 1. The van der Waals surface area contributed by atoms with Gasteiger partial charge in [0, 0.05) is 24.9 Å². The molecule has 1 aromatic carbocycles. The van der Waals surface area contributed by atoms with Crippen LogP contribution in [0, 0.1) is 0 Å². The fraction of sp³-hybridized carbons (Fsp3) is 0.333. The number of anilines is 1. The maximum absolute atomic E-state index is 12.4. The maximum atomic E-state index is 12.4. The van der Waals surface area contributed by atoms with Gasteiger partial charge in [0.25, 0.3) is 5.91 Å². The second kappa shape index (κ2) is 9.30. The predicted molar refractivity (Wildman–Crippen MR) is 98.0 cm³/mol. The molecule has 0 bridgehead atoms. The van der Waals surface area contributed by atoms with Crippen LogP contribution in [0.1, 0.15) is 19.8 Å². The molecule has 0 aliphatic carbocycles. The Bertz CT molecular complexity index is 791. The summed E-state index contributed by atoms with van der Waals surface area (Å²) in [6.45, 7) is 2.46. The summed E-state index contributed by atoms with van der Waals surface area (Å²) in [7, 11) is -3.48. The maximum Gasteiger partial charge on any atom is 0.331 e. The number of rotatable bonds is 7. The molecule has 1 amide bonds. The highest BCUT2D eigenvalue weighted by atomic mass is 32.2. The van der Waals surface area contributed by atoms with Gasteiger partial charge in [-0.25, -0.2) is 13.2 Å². The normalized spacial score (nSPS) is 15.6. The van der Waals surface area contributed by atoms with Crippen LogP contribution in [0.15, 0.2) is 53.5 Å². The number of benzene rings is 1. The molecule has 140 valence electrons. The van der Waals surface area contributed by atoms with E-state index in [-0.39, 0.29) is 4.90 Å². The van der Waals surface area contributed by atoms with Crippen LogP contribution in [-0.2, 0) is 24.3 Å². The van der Waals surface area contributed by atoms with Gasteiger partial charge in [0.15, 0.2) is 6.61 Å². The molecule has 2 rings (SSSR count). The Balaban J connectivity index is 1.88. The van der Waals surface area contributed by atoms with Crippen LogP contribution in [-0.4, -0.2) is 44.3 Å². The zero-order valence-electron chi connectivity index (χ0n) is 14.6. The lowest BCUT2D eigenvalue weighted by Crippen LogP contribution is -2.27. The first-order valence-electron chi connectivity index (χ1n) is 8.29. The molecule has 0 atom stereocenters. The number of esters is 1. The zero-order chi connectivity index (χ0) is 19.0. The number of hydrogen-bond donors (Lipinski definition) is 1. The highest BCUT2D eigenvalue weighted by molar-refractivity contribution is 7.89. The molecule has 8 heteroatoms. The van der Waals surface area contributed by atoms with E-state index in [2.05, 4.69) is 5.32 Å². The molecule has 1 N–H and O–H groups in total. The quantitative estimate of drug-likeness (QED) is 0.445. The van der Waals surface area contributed by atoms with Crippen molar-refractivity contribution in [1.82, 2.24) is 4.31 Å². The molecule has 1 heterocycles. The second-order valence-corrected chi connectivity index (χ2v) is 7.61. The standard InChI is InChI=1S/C18H22N2O5S/c1-2-3-4-7-18(22)25-14-17(21)19-15-8-10-16(11-9-15)26(23,24)20-12-5-6-13-20/h2-4,7-11H,5-6,12-14H2,1H3,(H,19,21)/b3-2+,7-4+. The zero-order valence-corrected chi connectivity index (χ0v) is 15.4. The van der Waals surface area contributed by atoms with Gasteiger partial charge in [0.1, 0.15) is 0 Å². The molecule has 0 unspecified atom stereocenters. The summed E-state index contributed by atoms with van der Waals surface area (Å²) in [5.41, 5.74) is 0.427. The van der Waals surface area contributed by atoms with Crippen molar-refractivity contribution < 1.29 is 22.7 Å². The highest BCUT2D eigenvalue weighted by Crippen LogP contribution is 2.22. The number of hydrogen-bond acceptors (Lipinski definition) is 5. The summed E-state index contributed by atoms with van der Waals surface area (Å²) >= 11 is 0. The Morgan fingerprint density at radius 2 is 1.81 bits per heavy atom. The molecule has 0 radical (unpaired) electrons. The Hall–Kier alpha value is -2.45. The van der Waals surface area contributed by atoms with Gasteiger partial charge < -0.3 is 10.1 Å². The van der Waals surface area contributed by atoms with Crippen molar-refractivity contribution in [2.24, 2.45) is 0 Å². The molecule has 1 aromatic rings. The smallest absolute Gasteiger partial charge is 0.331 e. The van der Waals surface area contributed by atoms with Crippen LogP contribution in [0.5, 0.6) is 0 Å². The van der Waals surface area contributed by atoms with Crippen LogP contribution in [0.2, 0.25) is 0 Å². The minimum Gasteiger partial charge on any atom is -0.452 e. The van der Waals surface area contributed by atoms with Gasteiger partial charge in [-0.05, 0) is 44.0 Å². The minimum atomic E-state index is -3.48. The number of nitrogens with zero attached hydrogens (tertiary/aromatic N) is 1. The van der Waals surface area contributed by atoms with Crippen molar-refractivity contribution in [3.8, 4) is 0 Å². The molecule has 7 nitrogen and oxygen atoms in total. The van der Waals surface area contributed by atoms with Crippen molar-refractivity contribution in [1.29, 1.82) is 0 Å². The number of nitrogens with one attached hydrogen (secondary N) is 1. The first-order chi connectivity index (χ1) is 12.4. The summed E-state index contributed by atoms with van der Waals surface area (Å²) in [6.07, 6.45) is 7.89. The van der Waals surface area contributed by atoms with Gasteiger partial charge in [-0.1, -0.05) is 18.2 Å². The van der Waals surface area contributed by atoms with E-state index in [1.165, 1.54) is 40.7 Å². The van der Waals surface area contributed by atoms with E-state index in [0.717, 1.165) is 12.8 Å². The predicted octanol–water partition coefficient (Wildman–Crippen LogP) is 2.09. The third-order valence-electron chi connectivity index (χ3n) is 3.72. The number of carbonyl (C=O) groups is 2. The van der Waals surface area contributed by atoms with Crippen LogP contribution in [0.25, 0.3) is 0 Å². The fourth-order valence-corrected chi connectivity index (χ4v) is 3.93. The summed E-state index contributed by atoms with van der Waals surface area (Å²) in [5, 5.41) is 2.55. The second-order valence-electron chi connectivity index (χ2n) is 5.68. The van der Waals surface area contributed by atoms with Crippen molar-refractivity contribution >= 4 is 27.6 Å². The van der Waals surface area contributed by atoms with Crippen LogP contribution in [0.3, 0.4) is 0 Å².